The lowest BCUT2D eigenvalue weighted by molar-refractivity contribution is 0.0429. The van der Waals surface area contributed by atoms with Crippen LogP contribution < -0.4 is 10.2 Å². The Hall–Kier alpha value is -5.25. The van der Waals surface area contributed by atoms with Gasteiger partial charge in [0.1, 0.15) is 17.2 Å². The summed E-state index contributed by atoms with van der Waals surface area (Å²) in [5, 5.41) is 9.74. The van der Waals surface area contributed by atoms with Crippen LogP contribution in [-0.4, -0.2) is 43.1 Å². The molecule has 3 aromatic carbocycles. The standard InChI is InChI=1S/C37H42N6O4/c1-9-24-14-13-17-27(22-24)30(33-40-31(41-42(33)8)25-15-11-10-12-16-25)39-28-18-19-29-26(23-28)20-21-38-32(29)43(34(44)46-36(2,3)4)35(45)47-37(5,6)7/h10-23,30,39H,9H2,1-8H3. The lowest BCUT2D eigenvalue weighted by Crippen LogP contribution is -2.44. The van der Waals surface area contributed by atoms with Gasteiger partial charge in [0.2, 0.25) is 0 Å². The molecule has 47 heavy (non-hydrogen) atoms. The van der Waals surface area contributed by atoms with Crippen LogP contribution in [0.1, 0.15) is 71.5 Å². The van der Waals surface area contributed by atoms with Crippen LogP contribution >= 0.6 is 0 Å². The van der Waals surface area contributed by atoms with Crippen LogP contribution in [0, 0.1) is 0 Å². The van der Waals surface area contributed by atoms with E-state index in [0.717, 1.165) is 39.3 Å². The molecule has 2 aromatic heterocycles. The molecule has 1 N–H and O–H groups in total. The maximum atomic E-state index is 13.4. The number of imide groups is 1. The van der Waals surface area contributed by atoms with Crippen molar-refractivity contribution in [1.82, 2.24) is 19.7 Å². The Kier molecular flexibility index (Phi) is 9.33. The third kappa shape index (κ3) is 7.95. The first-order valence-electron chi connectivity index (χ1n) is 15.7. The summed E-state index contributed by atoms with van der Waals surface area (Å²) in [6.07, 6.45) is 0.703. The van der Waals surface area contributed by atoms with E-state index in [1.165, 1.54) is 5.56 Å². The predicted molar refractivity (Wildman–Crippen MR) is 184 cm³/mol. The number of hydrogen-bond donors (Lipinski definition) is 1. The van der Waals surface area contributed by atoms with E-state index < -0.39 is 23.4 Å². The number of hydrogen-bond acceptors (Lipinski definition) is 8. The SMILES string of the molecule is CCc1cccc(C(Nc2ccc3c(N(C(=O)OC(C)(C)C)C(=O)OC(C)(C)C)nccc3c2)c2nc(-c3ccccc3)nn2C)c1. The molecule has 0 bridgehead atoms. The molecule has 10 heteroatoms. The van der Waals surface area contributed by atoms with Crippen molar-refractivity contribution in [1.29, 1.82) is 0 Å². The molecule has 0 saturated heterocycles. The van der Waals surface area contributed by atoms with Crippen LogP contribution in [0.3, 0.4) is 0 Å². The highest BCUT2D eigenvalue weighted by molar-refractivity contribution is 6.14. The summed E-state index contributed by atoms with van der Waals surface area (Å²) in [5.74, 6) is 1.50. The maximum absolute atomic E-state index is 13.4. The second-order valence-corrected chi connectivity index (χ2v) is 13.3. The fourth-order valence-corrected chi connectivity index (χ4v) is 5.11. The van der Waals surface area contributed by atoms with Crippen molar-refractivity contribution in [3.8, 4) is 11.4 Å². The first-order chi connectivity index (χ1) is 22.2. The van der Waals surface area contributed by atoms with Crippen LogP contribution in [0.4, 0.5) is 21.1 Å². The van der Waals surface area contributed by atoms with Crippen LogP contribution in [0.5, 0.6) is 0 Å². The molecule has 5 aromatic rings. The van der Waals surface area contributed by atoms with Gasteiger partial charge in [0.25, 0.3) is 0 Å². The van der Waals surface area contributed by atoms with E-state index in [4.69, 9.17) is 19.6 Å². The van der Waals surface area contributed by atoms with Gasteiger partial charge in [0.05, 0.1) is 0 Å². The van der Waals surface area contributed by atoms with Crippen LogP contribution in [0.15, 0.2) is 85.1 Å². The van der Waals surface area contributed by atoms with E-state index in [-0.39, 0.29) is 11.9 Å². The molecule has 2 amide bonds. The molecule has 0 aliphatic heterocycles. The van der Waals surface area contributed by atoms with Gasteiger partial charge in [0.15, 0.2) is 17.5 Å². The van der Waals surface area contributed by atoms with Gasteiger partial charge in [-0.3, -0.25) is 4.68 Å². The maximum Gasteiger partial charge on any atom is 0.425 e. The molecule has 0 saturated carbocycles. The van der Waals surface area contributed by atoms with Crippen molar-refractivity contribution in [2.24, 2.45) is 7.05 Å². The third-order valence-corrected chi connectivity index (χ3v) is 7.20. The van der Waals surface area contributed by atoms with Crippen molar-refractivity contribution in [2.45, 2.75) is 72.1 Å². The largest absolute Gasteiger partial charge is 0.443 e. The Morgan fingerprint density at radius 2 is 1.55 bits per heavy atom. The van der Waals surface area contributed by atoms with Gasteiger partial charge in [-0.2, -0.15) is 10.00 Å². The van der Waals surface area contributed by atoms with Crippen LogP contribution in [0.25, 0.3) is 22.2 Å². The van der Waals surface area contributed by atoms with E-state index in [1.807, 2.05) is 61.6 Å². The molecule has 2 heterocycles. The summed E-state index contributed by atoms with van der Waals surface area (Å²) in [7, 11) is 1.90. The number of aryl methyl sites for hydroxylation is 2. The fourth-order valence-electron chi connectivity index (χ4n) is 5.11. The van der Waals surface area contributed by atoms with Crippen molar-refractivity contribution in [3.05, 3.63) is 102 Å². The highest BCUT2D eigenvalue weighted by atomic mass is 16.6. The zero-order valence-corrected chi connectivity index (χ0v) is 28.2. The summed E-state index contributed by atoms with van der Waals surface area (Å²) in [5.41, 5.74) is 2.29. The van der Waals surface area contributed by atoms with Crippen molar-refractivity contribution in [2.75, 3.05) is 10.2 Å². The number of nitrogens with zero attached hydrogens (tertiary/aromatic N) is 5. The molecular formula is C37H42N6O4. The zero-order chi connectivity index (χ0) is 33.9. The topological polar surface area (TPSA) is 111 Å². The molecular weight excluding hydrogens is 592 g/mol. The van der Waals surface area contributed by atoms with Gasteiger partial charge < -0.3 is 14.8 Å². The number of benzene rings is 3. The average molecular weight is 635 g/mol. The zero-order valence-electron chi connectivity index (χ0n) is 28.2. The number of ether oxygens (including phenoxy) is 2. The third-order valence-electron chi connectivity index (χ3n) is 7.20. The van der Waals surface area contributed by atoms with Gasteiger partial charge in [0, 0.05) is 29.9 Å². The van der Waals surface area contributed by atoms with Crippen molar-refractivity contribution in [3.63, 3.8) is 0 Å². The Morgan fingerprint density at radius 1 is 0.872 bits per heavy atom. The number of aromatic nitrogens is 4. The normalized spacial score (nSPS) is 12.4. The Balaban J connectivity index is 1.56. The fraction of sp³-hybridized carbons (Fsp3) is 0.324. The second-order valence-electron chi connectivity index (χ2n) is 13.3. The van der Waals surface area contributed by atoms with Crippen LogP contribution in [-0.2, 0) is 22.9 Å². The van der Waals surface area contributed by atoms with Gasteiger partial charge in [-0.1, -0.05) is 61.5 Å². The first kappa shape index (κ1) is 33.1. The molecule has 0 fully saturated rings. The minimum Gasteiger partial charge on any atom is -0.443 e. The number of pyridine rings is 1. The molecule has 0 spiro atoms. The molecule has 0 radical (unpaired) electrons. The molecule has 0 aliphatic rings. The molecule has 10 nitrogen and oxygen atoms in total. The number of rotatable bonds is 7. The minimum absolute atomic E-state index is 0.116. The second kappa shape index (κ2) is 13.2. The Morgan fingerprint density at radius 3 is 2.19 bits per heavy atom. The summed E-state index contributed by atoms with van der Waals surface area (Å²) in [6, 6.07) is 25.5. The number of carbonyl (C=O) groups is 2. The summed E-state index contributed by atoms with van der Waals surface area (Å²) in [6.45, 7) is 12.5. The Bertz CT molecular complexity index is 1860. The smallest absolute Gasteiger partial charge is 0.425 e. The van der Waals surface area contributed by atoms with Crippen molar-refractivity contribution >= 4 is 34.5 Å². The van der Waals surface area contributed by atoms with E-state index in [2.05, 4.69) is 41.5 Å². The predicted octanol–water partition coefficient (Wildman–Crippen LogP) is 8.47. The minimum atomic E-state index is -0.874. The molecule has 0 aliphatic carbocycles. The van der Waals surface area contributed by atoms with E-state index in [0.29, 0.717) is 11.2 Å². The highest BCUT2D eigenvalue weighted by Crippen LogP contribution is 2.33. The Labute approximate surface area is 275 Å². The quantitative estimate of drug-likeness (QED) is 0.190. The first-order valence-corrected chi connectivity index (χ1v) is 15.7. The monoisotopic (exact) mass is 634 g/mol. The number of carbonyl (C=O) groups excluding carboxylic acids is 2. The highest BCUT2D eigenvalue weighted by Gasteiger charge is 2.34. The van der Waals surface area contributed by atoms with Crippen molar-refractivity contribution < 1.29 is 19.1 Å². The number of nitrogens with one attached hydrogen (secondary N) is 1. The summed E-state index contributed by atoms with van der Waals surface area (Å²) >= 11 is 0. The van der Waals surface area contributed by atoms with E-state index in [1.54, 1.807) is 52.4 Å². The lowest BCUT2D eigenvalue weighted by atomic mass is 10.0. The van der Waals surface area contributed by atoms with Gasteiger partial charge in [-0.25, -0.2) is 19.6 Å². The van der Waals surface area contributed by atoms with E-state index in [9.17, 15) is 9.59 Å². The van der Waals surface area contributed by atoms with Gasteiger partial charge in [-0.15, -0.1) is 0 Å². The number of fused-ring (bicyclic) bond motifs is 1. The molecule has 5 rings (SSSR count). The lowest BCUT2D eigenvalue weighted by Gasteiger charge is -2.28. The molecule has 1 unspecified atom stereocenters. The van der Waals surface area contributed by atoms with E-state index >= 15 is 0 Å². The number of anilines is 2. The van der Waals surface area contributed by atoms with Gasteiger partial charge in [-0.05, 0) is 88.7 Å². The average Bonchev–Trinajstić information content (AvgIpc) is 3.39. The van der Waals surface area contributed by atoms with Gasteiger partial charge >= 0.3 is 12.2 Å². The summed E-state index contributed by atoms with van der Waals surface area (Å²) < 4.78 is 13.0. The number of amides is 2. The summed E-state index contributed by atoms with van der Waals surface area (Å²) in [4.78, 5) is 37.0. The molecule has 1 atom stereocenters. The molecule has 244 valence electrons. The van der Waals surface area contributed by atoms with Crippen LogP contribution in [0.2, 0.25) is 0 Å².